The summed E-state index contributed by atoms with van der Waals surface area (Å²) in [6, 6.07) is 4.16. The molecule has 0 aromatic heterocycles. The van der Waals surface area contributed by atoms with Gasteiger partial charge in [0.05, 0.1) is 12.0 Å². The van der Waals surface area contributed by atoms with Gasteiger partial charge >= 0.3 is 18.1 Å². The molecule has 10 heteroatoms. The molecule has 1 rings (SSSR count). The number of carbonyl (C=O) groups excluding carboxylic acids is 2. The fraction of sp³-hybridized carbons (Fsp3) is 0.375. The number of benzene rings is 1. The minimum atomic E-state index is -4.46. The highest BCUT2D eigenvalue weighted by molar-refractivity contribution is 6.67. The molecule has 1 aromatic carbocycles. The number of hydrogen-bond donors (Lipinski definition) is 0. The third kappa shape index (κ3) is 7.85. The van der Waals surface area contributed by atoms with E-state index in [2.05, 4.69) is 11.3 Å². The van der Waals surface area contributed by atoms with Crippen LogP contribution in [-0.4, -0.2) is 22.3 Å². The predicted octanol–water partition coefficient (Wildman–Crippen LogP) is 5.17. The lowest BCUT2D eigenvalue weighted by atomic mass is 10.1. The Morgan fingerprint density at radius 3 is 2.15 bits per heavy atom. The first-order chi connectivity index (χ1) is 11.8. The number of hydrogen-bond acceptors (Lipinski definition) is 4. The van der Waals surface area contributed by atoms with Crippen LogP contribution in [-0.2, 0) is 25.2 Å². The van der Waals surface area contributed by atoms with Gasteiger partial charge in [-0.3, -0.25) is 4.79 Å². The Morgan fingerprint density at radius 1 is 1.15 bits per heavy atom. The van der Waals surface area contributed by atoms with Crippen LogP contribution in [0.3, 0.4) is 0 Å². The summed E-state index contributed by atoms with van der Waals surface area (Å²) in [6.45, 7) is 4.34. The van der Waals surface area contributed by atoms with Crippen molar-refractivity contribution in [2.45, 2.75) is 29.4 Å². The lowest BCUT2D eigenvalue weighted by Crippen LogP contribution is -2.20. The summed E-state index contributed by atoms with van der Waals surface area (Å²) in [5.74, 6) is -1.75. The zero-order chi connectivity index (χ0) is 20.1. The molecule has 26 heavy (non-hydrogen) atoms. The van der Waals surface area contributed by atoms with E-state index < -0.39 is 46.6 Å². The molecule has 0 amide bonds. The Morgan fingerprint density at radius 2 is 1.69 bits per heavy atom. The van der Waals surface area contributed by atoms with E-state index in [0.29, 0.717) is 5.56 Å². The van der Waals surface area contributed by atoms with Crippen molar-refractivity contribution in [2.75, 3.05) is 6.61 Å². The van der Waals surface area contributed by atoms with E-state index in [1.54, 1.807) is 0 Å². The van der Waals surface area contributed by atoms with Gasteiger partial charge in [0.25, 0.3) is 0 Å². The molecule has 0 aliphatic rings. The monoisotopic (exact) mass is 432 g/mol. The SMILES string of the molecule is C=C(CC(=O)OC(C)c1ccc(C(F)(F)F)cc1)C(=O)OCC(Cl)(Cl)Cl. The van der Waals surface area contributed by atoms with E-state index in [-0.39, 0.29) is 5.57 Å². The quantitative estimate of drug-likeness (QED) is 0.353. The number of ether oxygens (including phenoxy) is 2. The van der Waals surface area contributed by atoms with Gasteiger partial charge in [0.15, 0.2) is 0 Å². The average Bonchev–Trinajstić information content (AvgIpc) is 2.50. The van der Waals surface area contributed by atoms with E-state index in [1.165, 1.54) is 19.1 Å². The molecule has 4 nitrogen and oxygen atoms in total. The van der Waals surface area contributed by atoms with Gasteiger partial charge in [-0.15, -0.1) is 0 Å². The molecular weight excluding hydrogens is 420 g/mol. The Labute approximate surface area is 162 Å². The molecule has 0 aliphatic carbocycles. The molecule has 144 valence electrons. The van der Waals surface area contributed by atoms with Gasteiger partial charge in [0.2, 0.25) is 3.79 Å². The van der Waals surface area contributed by atoms with Gasteiger partial charge in [0.1, 0.15) is 12.7 Å². The van der Waals surface area contributed by atoms with Gasteiger partial charge in [-0.25, -0.2) is 4.79 Å². The standard InChI is InChI=1S/C16H14Cl3F3O4/c1-9(14(24)25-8-15(17,18)19)7-13(23)26-10(2)11-3-5-12(6-4-11)16(20,21)22/h3-6,10H,1,7-8H2,2H3. The summed E-state index contributed by atoms with van der Waals surface area (Å²) in [6.07, 6.45) is -5.76. The van der Waals surface area contributed by atoms with E-state index in [1.807, 2.05) is 0 Å². The van der Waals surface area contributed by atoms with Crippen molar-refractivity contribution < 1.29 is 32.2 Å². The summed E-state index contributed by atoms with van der Waals surface area (Å²) in [4.78, 5) is 23.4. The average molecular weight is 434 g/mol. The summed E-state index contributed by atoms with van der Waals surface area (Å²) < 4.78 is 45.5. The molecule has 1 atom stereocenters. The number of carbonyl (C=O) groups is 2. The summed E-state index contributed by atoms with van der Waals surface area (Å²) >= 11 is 16.3. The molecule has 0 N–H and O–H groups in total. The van der Waals surface area contributed by atoms with Crippen molar-refractivity contribution in [2.24, 2.45) is 0 Å². The predicted molar refractivity (Wildman–Crippen MR) is 91.0 cm³/mol. The van der Waals surface area contributed by atoms with Crippen molar-refractivity contribution in [3.05, 3.63) is 47.5 Å². The van der Waals surface area contributed by atoms with Crippen LogP contribution in [0.4, 0.5) is 13.2 Å². The molecule has 0 spiro atoms. The van der Waals surface area contributed by atoms with Crippen LogP contribution in [0.5, 0.6) is 0 Å². The lowest BCUT2D eigenvalue weighted by molar-refractivity contribution is -0.150. The van der Waals surface area contributed by atoms with Crippen LogP contribution in [0.1, 0.15) is 30.6 Å². The molecule has 0 bridgehead atoms. The topological polar surface area (TPSA) is 52.6 Å². The Balaban J connectivity index is 2.56. The second-order valence-electron chi connectivity index (χ2n) is 5.22. The highest BCUT2D eigenvalue weighted by atomic mass is 35.6. The molecule has 0 fully saturated rings. The van der Waals surface area contributed by atoms with Crippen molar-refractivity contribution in [1.82, 2.24) is 0 Å². The van der Waals surface area contributed by atoms with Crippen LogP contribution in [0, 0.1) is 0 Å². The smallest absolute Gasteiger partial charge is 0.416 e. The summed E-state index contributed by atoms with van der Waals surface area (Å²) in [7, 11) is 0. The van der Waals surface area contributed by atoms with E-state index >= 15 is 0 Å². The van der Waals surface area contributed by atoms with Crippen LogP contribution in [0.25, 0.3) is 0 Å². The minimum Gasteiger partial charge on any atom is -0.458 e. The van der Waals surface area contributed by atoms with Crippen molar-refractivity contribution in [3.8, 4) is 0 Å². The molecule has 1 aromatic rings. The van der Waals surface area contributed by atoms with Crippen LogP contribution < -0.4 is 0 Å². The highest BCUT2D eigenvalue weighted by Crippen LogP contribution is 2.30. The van der Waals surface area contributed by atoms with E-state index in [9.17, 15) is 22.8 Å². The first-order valence-corrected chi connectivity index (χ1v) is 8.21. The molecule has 0 aliphatic heterocycles. The Bertz CT molecular complexity index is 667. The fourth-order valence-electron chi connectivity index (χ4n) is 1.75. The first kappa shape index (κ1) is 22.6. The van der Waals surface area contributed by atoms with Crippen LogP contribution >= 0.6 is 34.8 Å². The molecule has 1 unspecified atom stereocenters. The first-order valence-electron chi connectivity index (χ1n) is 7.08. The maximum absolute atomic E-state index is 12.5. The normalized spacial score (nSPS) is 13.0. The molecule has 0 saturated carbocycles. The molecular formula is C16H14Cl3F3O4. The van der Waals surface area contributed by atoms with Gasteiger partial charge in [-0.1, -0.05) is 53.5 Å². The maximum Gasteiger partial charge on any atom is 0.416 e. The number of alkyl halides is 6. The third-order valence-electron chi connectivity index (χ3n) is 3.03. The number of rotatable bonds is 6. The maximum atomic E-state index is 12.5. The van der Waals surface area contributed by atoms with Gasteiger partial charge in [-0.05, 0) is 24.6 Å². The van der Waals surface area contributed by atoms with Gasteiger partial charge in [-0.2, -0.15) is 13.2 Å². The van der Waals surface area contributed by atoms with Crippen molar-refractivity contribution >= 4 is 46.7 Å². The Kier molecular flexibility index (Phi) is 7.80. The zero-order valence-corrected chi connectivity index (χ0v) is 15.7. The lowest BCUT2D eigenvalue weighted by Gasteiger charge is -2.15. The number of esters is 2. The molecule has 0 heterocycles. The van der Waals surface area contributed by atoms with E-state index in [0.717, 1.165) is 12.1 Å². The number of halogens is 6. The largest absolute Gasteiger partial charge is 0.458 e. The second-order valence-corrected chi connectivity index (χ2v) is 7.74. The minimum absolute atomic E-state index is 0.219. The van der Waals surface area contributed by atoms with Gasteiger partial charge < -0.3 is 9.47 Å². The van der Waals surface area contributed by atoms with Crippen molar-refractivity contribution in [3.63, 3.8) is 0 Å². The Hall–Kier alpha value is -1.44. The third-order valence-corrected chi connectivity index (χ3v) is 3.36. The fourth-order valence-corrected chi connectivity index (χ4v) is 1.91. The van der Waals surface area contributed by atoms with Gasteiger partial charge in [0, 0.05) is 5.57 Å². The van der Waals surface area contributed by atoms with E-state index in [4.69, 9.17) is 39.5 Å². The summed E-state index contributed by atoms with van der Waals surface area (Å²) in [5, 5.41) is 0. The highest BCUT2D eigenvalue weighted by Gasteiger charge is 2.30. The zero-order valence-electron chi connectivity index (χ0n) is 13.4. The van der Waals surface area contributed by atoms with Crippen LogP contribution in [0.2, 0.25) is 0 Å². The second kappa shape index (κ2) is 8.97. The molecule has 0 radical (unpaired) electrons. The van der Waals surface area contributed by atoms with Crippen LogP contribution in [0.15, 0.2) is 36.4 Å². The molecule has 0 saturated heterocycles. The summed E-state index contributed by atoms with van der Waals surface area (Å²) in [5.41, 5.74) is -0.676. The van der Waals surface area contributed by atoms with Crippen molar-refractivity contribution in [1.29, 1.82) is 0 Å².